The number of benzene rings is 3. The molecule has 0 saturated carbocycles. The van der Waals surface area contributed by atoms with E-state index >= 15 is 0 Å². The lowest BCUT2D eigenvalue weighted by atomic mass is 9.98. The van der Waals surface area contributed by atoms with Gasteiger partial charge in [-0.05, 0) is 46.7 Å². The van der Waals surface area contributed by atoms with Crippen LogP contribution in [0.3, 0.4) is 0 Å². The van der Waals surface area contributed by atoms with Crippen molar-refractivity contribution in [1.82, 2.24) is 0 Å². The maximum Gasteiger partial charge on any atom is 0.119 e. The van der Waals surface area contributed by atoms with Crippen molar-refractivity contribution in [3.8, 4) is 16.9 Å². The zero-order chi connectivity index (χ0) is 16.8. The molecule has 3 rings (SSSR count). The van der Waals surface area contributed by atoms with E-state index in [0.29, 0.717) is 12.5 Å². The average Bonchev–Trinajstić information content (AvgIpc) is 2.67. The second-order valence-electron chi connectivity index (χ2n) is 6.23. The smallest absolute Gasteiger partial charge is 0.119 e. The number of ether oxygens (including phenoxy) is 1. The van der Waals surface area contributed by atoms with E-state index in [9.17, 15) is 0 Å². The van der Waals surface area contributed by atoms with Crippen molar-refractivity contribution in [3.63, 3.8) is 0 Å². The van der Waals surface area contributed by atoms with Gasteiger partial charge in [-0.25, -0.2) is 0 Å². The fourth-order valence-corrected chi connectivity index (χ4v) is 2.72. The minimum atomic E-state index is 0.603. The third-order valence-corrected chi connectivity index (χ3v) is 4.53. The summed E-state index contributed by atoms with van der Waals surface area (Å²) in [6.07, 6.45) is 1.17. The van der Waals surface area contributed by atoms with Crippen molar-refractivity contribution in [3.05, 3.63) is 90.0 Å². The van der Waals surface area contributed by atoms with E-state index in [1.807, 2.05) is 18.2 Å². The standard InChI is InChI=1S/C23H24O/c1-3-18(2)20-11-9-19(10-12-20)17-24-23-15-13-22(14-16-23)21-7-5-4-6-8-21/h4-16,18H,3,17H2,1-2H3. The van der Waals surface area contributed by atoms with Crippen LogP contribution in [0, 0.1) is 0 Å². The van der Waals surface area contributed by atoms with Crippen LogP contribution in [-0.2, 0) is 6.61 Å². The summed E-state index contributed by atoms with van der Waals surface area (Å²) < 4.78 is 5.91. The largest absolute Gasteiger partial charge is 0.489 e. The van der Waals surface area contributed by atoms with E-state index in [4.69, 9.17) is 4.74 Å². The Balaban J connectivity index is 1.61. The van der Waals surface area contributed by atoms with Crippen LogP contribution in [0.25, 0.3) is 11.1 Å². The third-order valence-electron chi connectivity index (χ3n) is 4.53. The van der Waals surface area contributed by atoms with Gasteiger partial charge >= 0.3 is 0 Å². The Morgan fingerprint density at radius 1 is 0.750 bits per heavy atom. The van der Waals surface area contributed by atoms with Crippen molar-refractivity contribution in [2.24, 2.45) is 0 Å². The van der Waals surface area contributed by atoms with E-state index in [2.05, 4.69) is 74.5 Å². The highest BCUT2D eigenvalue weighted by Gasteiger charge is 2.03. The van der Waals surface area contributed by atoms with E-state index in [0.717, 1.165) is 5.75 Å². The molecule has 3 aromatic carbocycles. The normalized spacial score (nSPS) is 11.9. The minimum absolute atomic E-state index is 0.603. The quantitative estimate of drug-likeness (QED) is 0.508. The molecule has 0 fully saturated rings. The van der Waals surface area contributed by atoms with Crippen LogP contribution in [0.1, 0.15) is 37.3 Å². The predicted octanol–water partition coefficient (Wildman–Crippen LogP) is 6.45. The number of rotatable bonds is 6. The number of hydrogen-bond donors (Lipinski definition) is 0. The maximum absolute atomic E-state index is 5.91. The van der Waals surface area contributed by atoms with Crippen LogP contribution in [0.5, 0.6) is 5.75 Å². The van der Waals surface area contributed by atoms with Gasteiger partial charge in [-0.3, -0.25) is 0 Å². The Morgan fingerprint density at radius 3 is 2.00 bits per heavy atom. The maximum atomic E-state index is 5.91. The third kappa shape index (κ3) is 4.05. The Morgan fingerprint density at radius 2 is 1.38 bits per heavy atom. The van der Waals surface area contributed by atoms with Gasteiger partial charge < -0.3 is 4.74 Å². The molecule has 0 aliphatic rings. The molecule has 1 atom stereocenters. The van der Waals surface area contributed by atoms with Crippen LogP contribution < -0.4 is 4.74 Å². The molecule has 0 radical (unpaired) electrons. The van der Waals surface area contributed by atoms with Crippen LogP contribution in [0.15, 0.2) is 78.9 Å². The molecule has 0 aliphatic carbocycles. The molecule has 0 saturated heterocycles. The van der Waals surface area contributed by atoms with E-state index in [1.165, 1.54) is 28.7 Å². The monoisotopic (exact) mass is 316 g/mol. The molecule has 3 aromatic rings. The first-order chi connectivity index (χ1) is 11.8. The molecule has 0 aromatic heterocycles. The SMILES string of the molecule is CCC(C)c1ccc(COc2ccc(-c3ccccc3)cc2)cc1. The molecular formula is C23H24O. The lowest BCUT2D eigenvalue weighted by molar-refractivity contribution is 0.306. The first-order valence-electron chi connectivity index (χ1n) is 8.63. The van der Waals surface area contributed by atoms with E-state index < -0.39 is 0 Å². The van der Waals surface area contributed by atoms with Gasteiger partial charge in [0.05, 0.1) is 0 Å². The van der Waals surface area contributed by atoms with Crippen LogP contribution in [-0.4, -0.2) is 0 Å². The van der Waals surface area contributed by atoms with Gasteiger partial charge in [0.25, 0.3) is 0 Å². The molecule has 24 heavy (non-hydrogen) atoms. The molecule has 1 unspecified atom stereocenters. The summed E-state index contributed by atoms with van der Waals surface area (Å²) in [5.74, 6) is 1.52. The highest BCUT2D eigenvalue weighted by Crippen LogP contribution is 2.23. The highest BCUT2D eigenvalue weighted by molar-refractivity contribution is 5.63. The zero-order valence-corrected chi connectivity index (χ0v) is 14.4. The van der Waals surface area contributed by atoms with E-state index in [-0.39, 0.29) is 0 Å². The molecule has 0 spiro atoms. The predicted molar refractivity (Wildman–Crippen MR) is 101 cm³/mol. The molecule has 1 heteroatoms. The summed E-state index contributed by atoms with van der Waals surface area (Å²) in [5.41, 5.74) is 5.04. The summed E-state index contributed by atoms with van der Waals surface area (Å²) in [6, 6.07) is 27.4. The van der Waals surface area contributed by atoms with Gasteiger partial charge in [-0.1, -0.05) is 80.6 Å². The van der Waals surface area contributed by atoms with Gasteiger partial charge in [0.15, 0.2) is 0 Å². The fourth-order valence-electron chi connectivity index (χ4n) is 2.72. The molecule has 0 amide bonds. The summed E-state index contributed by atoms with van der Waals surface area (Å²) in [7, 11) is 0. The number of hydrogen-bond acceptors (Lipinski definition) is 1. The molecular weight excluding hydrogens is 292 g/mol. The van der Waals surface area contributed by atoms with Gasteiger partial charge in [0.1, 0.15) is 12.4 Å². The molecule has 0 N–H and O–H groups in total. The molecule has 1 nitrogen and oxygen atoms in total. The Labute approximate surface area is 144 Å². The van der Waals surface area contributed by atoms with Crippen molar-refractivity contribution in [1.29, 1.82) is 0 Å². The summed E-state index contributed by atoms with van der Waals surface area (Å²) in [5, 5.41) is 0. The lowest BCUT2D eigenvalue weighted by Gasteiger charge is -2.11. The van der Waals surface area contributed by atoms with Gasteiger partial charge in [-0.2, -0.15) is 0 Å². The van der Waals surface area contributed by atoms with Crippen molar-refractivity contribution in [2.45, 2.75) is 32.8 Å². The van der Waals surface area contributed by atoms with E-state index in [1.54, 1.807) is 0 Å². The summed E-state index contributed by atoms with van der Waals surface area (Å²) >= 11 is 0. The second-order valence-corrected chi connectivity index (χ2v) is 6.23. The molecule has 0 aliphatic heterocycles. The molecule has 0 bridgehead atoms. The highest BCUT2D eigenvalue weighted by atomic mass is 16.5. The first-order valence-corrected chi connectivity index (χ1v) is 8.63. The van der Waals surface area contributed by atoms with Crippen molar-refractivity contribution in [2.75, 3.05) is 0 Å². The Hall–Kier alpha value is -2.54. The fraction of sp³-hybridized carbons (Fsp3) is 0.217. The van der Waals surface area contributed by atoms with Gasteiger partial charge in [-0.15, -0.1) is 0 Å². The zero-order valence-electron chi connectivity index (χ0n) is 14.4. The lowest BCUT2D eigenvalue weighted by Crippen LogP contribution is -1.97. The Kier molecular flexibility index (Phi) is 5.32. The topological polar surface area (TPSA) is 9.23 Å². The van der Waals surface area contributed by atoms with Crippen molar-refractivity contribution < 1.29 is 4.74 Å². The van der Waals surface area contributed by atoms with Crippen molar-refractivity contribution >= 4 is 0 Å². The molecule has 0 heterocycles. The molecule has 122 valence electrons. The average molecular weight is 316 g/mol. The summed E-state index contributed by atoms with van der Waals surface area (Å²) in [4.78, 5) is 0. The van der Waals surface area contributed by atoms with Crippen LogP contribution in [0.4, 0.5) is 0 Å². The summed E-state index contributed by atoms with van der Waals surface area (Å²) in [6.45, 7) is 5.09. The van der Waals surface area contributed by atoms with Crippen LogP contribution >= 0.6 is 0 Å². The Bertz CT molecular complexity index is 742. The van der Waals surface area contributed by atoms with Gasteiger partial charge in [0, 0.05) is 0 Å². The van der Waals surface area contributed by atoms with Crippen LogP contribution in [0.2, 0.25) is 0 Å². The first kappa shape index (κ1) is 16.3. The van der Waals surface area contributed by atoms with Gasteiger partial charge in [0.2, 0.25) is 0 Å². The minimum Gasteiger partial charge on any atom is -0.489 e. The second kappa shape index (κ2) is 7.83.